The predicted molar refractivity (Wildman–Crippen MR) is 107 cm³/mol. The number of hydrogen-bond donors (Lipinski definition) is 0. The molecular formula is C18H17BrN2OS2. The Hall–Kier alpha value is -1.37. The Labute approximate surface area is 157 Å². The van der Waals surface area contributed by atoms with Crippen LogP contribution in [0.15, 0.2) is 51.9 Å². The quantitative estimate of drug-likeness (QED) is 0.602. The van der Waals surface area contributed by atoms with Crippen LogP contribution in [0, 0.1) is 6.92 Å². The van der Waals surface area contributed by atoms with Gasteiger partial charge in [-0.1, -0.05) is 29.5 Å². The number of thioether (sulfide) groups is 1. The van der Waals surface area contributed by atoms with Gasteiger partial charge >= 0.3 is 0 Å². The molecule has 124 valence electrons. The number of fused-ring (bicyclic) bond motifs is 1. The lowest BCUT2D eigenvalue weighted by Crippen LogP contribution is -2.18. The summed E-state index contributed by atoms with van der Waals surface area (Å²) in [5, 5.41) is 0. The van der Waals surface area contributed by atoms with Crippen molar-refractivity contribution in [3.05, 3.63) is 62.9 Å². The van der Waals surface area contributed by atoms with E-state index in [1.165, 1.54) is 5.56 Å². The van der Waals surface area contributed by atoms with Crippen LogP contribution >= 0.6 is 39.0 Å². The standard InChI is InChI=1S/C18H17BrN2OS2/c1-12-7-8-15-16(11-12)24-18(21(15)9-10-23-2)20-17(22)13-5-3-4-6-14(13)19/h3-8,11H,9-10H2,1-2H3. The van der Waals surface area contributed by atoms with E-state index in [1.807, 2.05) is 18.2 Å². The number of amides is 1. The van der Waals surface area contributed by atoms with Crippen LogP contribution in [0.4, 0.5) is 0 Å². The van der Waals surface area contributed by atoms with Gasteiger partial charge in [0.05, 0.1) is 15.8 Å². The Bertz CT molecular complexity index is 959. The molecule has 0 aliphatic rings. The first-order valence-corrected chi connectivity index (χ1v) is 10.5. The molecule has 6 heteroatoms. The summed E-state index contributed by atoms with van der Waals surface area (Å²) in [6.45, 7) is 2.92. The molecule has 0 N–H and O–H groups in total. The van der Waals surface area contributed by atoms with Gasteiger partial charge in [0.15, 0.2) is 4.80 Å². The average molecular weight is 421 g/mol. The van der Waals surface area contributed by atoms with Gasteiger partial charge in [0, 0.05) is 16.8 Å². The molecule has 1 amide bonds. The van der Waals surface area contributed by atoms with Crippen molar-refractivity contribution >= 4 is 55.2 Å². The summed E-state index contributed by atoms with van der Waals surface area (Å²) >= 11 is 6.78. The third-order valence-corrected chi connectivity index (χ3v) is 5.98. The summed E-state index contributed by atoms with van der Waals surface area (Å²) < 4.78 is 4.08. The smallest absolute Gasteiger partial charge is 0.280 e. The van der Waals surface area contributed by atoms with Gasteiger partial charge in [-0.25, -0.2) is 0 Å². The number of halogens is 1. The summed E-state index contributed by atoms with van der Waals surface area (Å²) in [6.07, 6.45) is 2.09. The molecule has 1 heterocycles. The molecule has 0 saturated heterocycles. The van der Waals surface area contributed by atoms with Crippen molar-refractivity contribution in [3.63, 3.8) is 0 Å². The fourth-order valence-electron chi connectivity index (χ4n) is 2.45. The number of benzene rings is 2. The molecule has 24 heavy (non-hydrogen) atoms. The van der Waals surface area contributed by atoms with Crippen LogP contribution in [0.25, 0.3) is 10.2 Å². The van der Waals surface area contributed by atoms with Gasteiger partial charge in [-0.15, -0.1) is 0 Å². The zero-order chi connectivity index (χ0) is 17.1. The Kier molecular flexibility index (Phi) is 5.58. The van der Waals surface area contributed by atoms with Crippen molar-refractivity contribution in [1.29, 1.82) is 0 Å². The lowest BCUT2D eigenvalue weighted by atomic mass is 10.2. The zero-order valence-corrected chi connectivity index (χ0v) is 16.7. The third kappa shape index (κ3) is 3.66. The maximum absolute atomic E-state index is 12.6. The number of aryl methyl sites for hydroxylation is 2. The van der Waals surface area contributed by atoms with Crippen LogP contribution in [0.5, 0.6) is 0 Å². The van der Waals surface area contributed by atoms with E-state index in [9.17, 15) is 4.79 Å². The second kappa shape index (κ2) is 7.68. The minimum Gasteiger partial charge on any atom is -0.316 e. The van der Waals surface area contributed by atoms with E-state index in [1.54, 1.807) is 29.2 Å². The Morgan fingerprint density at radius 3 is 2.83 bits per heavy atom. The first-order valence-electron chi connectivity index (χ1n) is 7.52. The summed E-state index contributed by atoms with van der Waals surface area (Å²) in [4.78, 5) is 17.8. The van der Waals surface area contributed by atoms with Crippen LogP contribution in [0.2, 0.25) is 0 Å². The first kappa shape index (κ1) is 17.5. The molecular weight excluding hydrogens is 404 g/mol. The van der Waals surface area contributed by atoms with E-state index in [2.05, 4.69) is 56.9 Å². The normalized spacial score (nSPS) is 12.0. The molecule has 0 radical (unpaired) electrons. The Morgan fingerprint density at radius 2 is 2.08 bits per heavy atom. The number of carbonyl (C=O) groups excluding carboxylic acids is 1. The monoisotopic (exact) mass is 420 g/mol. The zero-order valence-electron chi connectivity index (χ0n) is 13.5. The Balaban J connectivity index is 2.13. The highest BCUT2D eigenvalue weighted by Gasteiger charge is 2.11. The van der Waals surface area contributed by atoms with E-state index >= 15 is 0 Å². The summed E-state index contributed by atoms with van der Waals surface area (Å²) in [5.74, 6) is 0.763. The number of aromatic nitrogens is 1. The van der Waals surface area contributed by atoms with Crippen molar-refractivity contribution in [2.75, 3.05) is 12.0 Å². The summed E-state index contributed by atoms with van der Waals surface area (Å²) in [5.41, 5.74) is 2.94. The van der Waals surface area contributed by atoms with Crippen molar-refractivity contribution < 1.29 is 4.79 Å². The number of thiazole rings is 1. The van der Waals surface area contributed by atoms with Crippen molar-refractivity contribution in [3.8, 4) is 0 Å². The van der Waals surface area contributed by atoms with Gasteiger partial charge in [0.1, 0.15) is 0 Å². The lowest BCUT2D eigenvalue weighted by Gasteiger charge is -2.04. The topological polar surface area (TPSA) is 34.4 Å². The van der Waals surface area contributed by atoms with E-state index in [-0.39, 0.29) is 5.91 Å². The van der Waals surface area contributed by atoms with Gasteiger partial charge in [-0.05, 0) is 58.9 Å². The SMILES string of the molecule is CSCCn1c(=NC(=O)c2ccccc2Br)sc2cc(C)ccc21. The second-order valence-corrected chi connectivity index (χ2v) is 8.25. The Morgan fingerprint density at radius 1 is 1.29 bits per heavy atom. The van der Waals surface area contributed by atoms with E-state index in [4.69, 9.17) is 0 Å². The molecule has 0 aliphatic carbocycles. The summed E-state index contributed by atoms with van der Waals surface area (Å²) in [7, 11) is 0. The number of rotatable bonds is 4. The van der Waals surface area contributed by atoms with E-state index in [0.29, 0.717) is 5.56 Å². The molecule has 0 atom stereocenters. The largest absolute Gasteiger partial charge is 0.316 e. The van der Waals surface area contributed by atoms with E-state index < -0.39 is 0 Å². The fraction of sp³-hybridized carbons (Fsp3) is 0.222. The highest BCUT2D eigenvalue weighted by Crippen LogP contribution is 2.20. The van der Waals surface area contributed by atoms with Gasteiger partial charge in [-0.2, -0.15) is 16.8 Å². The van der Waals surface area contributed by atoms with Gasteiger partial charge in [-0.3, -0.25) is 4.79 Å². The van der Waals surface area contributed by atoms with Crippen LogP contribution in [-0.2, 0) is 6.54 Å². The molecule has 0 bridgehead atoms. The van der Waals surface area contributed by atoms with E-state index in [0.717, 1.165) is 31.8 Å². The van der Waals surface area contributed by atoms with Crippen LogP contribution in [0.1, 0.15) is 15.9 Å². The average Bonchev–Trinajstić information content (AvgIpc) is 2.89. The molecule has 0 spiro atoms. The highest BCUT2D eigenvalue weighted by atomic mass is 79.9. The fourth-order valence-corrected chi connectivity index (χ4v) is 4.42. The van der Waals surface area contributed by atoms with Crippen LogP contribution < -0.4 is 4.80 Å². The van der Waals surface area contributed by atoms with Crippen molar-refractivity contribution in [1.82, 2.24) is 4.57 Å². The minimum absolute atomic E-state index is 0.219. The summed E-state index contributed by atoms with van der Waals surface area (Å²) in [6, 6.07) is 13.8. The molecule has 3 rings (SSSR count). The molecule has 2 aromatic carbocycles. The third-order valence-electron chi connectivity index (χ3n) is 3.66. The van der Waals surface area contributed by atoms with Crippen LogP contribution in [0.3, 0.4) is 0 Å². The number of hydrogen-bond acceptors (Lipinski definition) is 3. The van der Waals surface area contributed by atoms with Crippen molar-refractivity contribution in [2.45, 2.75) is 13.5 Å². The predicted octanol–water partition coefficient (Wildman–Crippen LogP) is 4.88. The molecule has 3 nitrogen and oxygen atoms in total. The maximum Gasteiger partial charge on any atom is 0.280 e. The van der Waals surface area contributed by atoms with Gasteiger partial charge < -0.3 is 4.57 Å². The molecule has 0 unspecified atom stereocenters. The minimum atomic E-state index is -0.219. The molecule has 3 aromatic rings. The molecule has 0 saturated carbocycles. The first-order chi connectivity index (χ1) is 11.6. The molecule has 0 fully saturated rings. The number of nitrogens with zero attached hydrogens (tertiary/aromatic N) is 2. The molecule has 0 aliphatic heterocycles. The number of carbonyl (C=O) groups is 1. The van der Waals surface area contributed by atoms with Gasteiger partial charge in [0.2, 0.25) is 0 Å². The molecule has 1 aromatic heterocycles. The second-order valence-electron chi connectivity index (χ2n) is 5.40. The van der Waals surface area contributed by atoms with Crippen molar-refractivity contribution in [2.24, 2.45) is 4.99 Å². The maximum atomic E-state index is 12.6. The van der Waals surface area contributed by atoms with Gasteiger partial charge in [0.25, 0.3) is 5.91 Å². The highest BCUT2D eigenvalue weighted by molar-refractivity contribution is 9.10. The lowest BCUT2D eigenvalue weighted by molar-refractivity contribution is 0.0997. The van der Waals surface area contributed by atoms with Crippen LogP contribution in [-0.4, -0.2) is 22.5 Å².